The van der Waals surface area contributed by atoms with Gasteiger partial charge in [-0.1, -0.05) is 42.5 Å². The van der Waals surface area contributed by atoms with Crippen molar-refractivity contribution >= 4 is 11.8 Å². The Morgan fingerprint density at radius 2 is 1.45 bits per heavy atom. The van der Waals surface area contributed by atoms with E-state index in [1.54, 1.807) is 21.9 Å². The maximum atomic E-state index is 14.0. The van der Waals surface area contributed by atoms with Crippen LogP contribution in [0.5, 0.6) is 0 Å². The lowest BCUT2D eigenvalue weighted by atomic mass is 10.1. The molecule has 0 unspecified atom stereocenters. The van der Waals surface area contributed by atoms with Gasteiger partial charge in [0.15, 0.2) is 0 Å². The van der Waals surface area contributed by atoms with Crippen molar-refractivity contribution < 1.29 is 14.0 Å². The van der Waals surface area contributed by atoms with E-state index < -0.39 is 5.82 Å². The fraction of sp³-hybridized carbons (Fsp3) is 0.280. The second-order valence-corrected chi connectivity index (χ2v) is 7.74. The summed E-state index contributed by atoms with van der Waals surface area (Å²) in [6.45, 7) is 2.63. The molecule has 5 nitrogen and oxygen atoms in total. The van der Waals surface area contributed by atoms with Crippen molar-refractivity contribution in [2.45, 2.75) is 19.4 Å². The van der Waals surface area contributed by atoms with Crippen molar-refractivity contribution in [3.8, 4) is 0 Å². The predicted molar refractivity (Wildman–Crippen MR) is 117 cm³/mol. The molecule has 2 heterocycles. The molecule has 1 fully saturated rings. The van der Waals surface area contributed by atoms with Gasteiger partial charge in [-0.2, -0.15) is 0 Å². The van der Waals surface area contributed by atoms with Crippen LogP contribution in [0.25, 0.3) is 0 Å². The van der Waals surface area contributed by atoms with Gasteiger partial charge in [0.25, 0.3) is 11.8 Å². The Morgan fingerprint density at radius 3 is 2.19 bits per heavy atom. The van der Waals surface area contributed by atoms with Crippen LogP contribution in [0.1, 0.15) is 32.8 Å². The lowest BCUT2D eigenvalue weighted by molar-refractivity contribution is 0.0710. The smallest absolute Gasteiger partial charge is 0.270 e. The maximum absolute atomic E-state index is 14.0. The zero-order chi connectivity index (χ0) is 21.6. The van der Waals surface area contributed by atoms with Crippen LogP contribution in [0.15, 0.2) is 72.9 Å². The Balaban J connectivity index is 1.40. The van der Waals surface area contributed by atoms with Crippen molar-refractivity contribution in [2.24, 2.45) is 0 Å². The Morgan fingerprint density at radius 1 is 0.774 bits per heavy atom. The van der Waals surface area contributed by atoms with Gasteiger partial charge in [0.2, 0.25) is 0 Å². The molecule has 3 aromatic rings. The van der Waals surface area contributed by atoms with Crippen LogP contribution in [-0.2, 0) is 13.0 Å². The fourth-order valence-electron chi connectivity index (χ4n) is 3.99. The van der Waals surface area contributed by atoms with E-state index in [1.807, 2.05) is 41.1 Å². The average molecular weight is 420 g/mol. The first kappa shape index (κ1) is 20.8. The Labute approximate surface area is 181 Å². The molecule has 1 aliphatic heterocycles. The third kappa shape index (κ3) is 4.85. The van der Waals surface area contributed by atoms with Gasteiger partial charge in [-0.3, -0.25) is 9.59 Å². The quantitative estimate of drug-likeness (QED) is 0.631. The van der Waals surface area contributed by atoms with Gasteiger partial charge in [-0.05, 0) is 42.7 Å². The minimum Gasteiger partial charge on any atom is -0.343 e. The largest absolute Gasteiger partial charge is 0.343 e. The molecule has 4 rings (SSSR count). The third-order valence-electron chi connectivity index (χ3n) is 5.71. The molecular weight excluding hydrogens is 393 g/mol. The van der Waals surface area contributed by atoms with Gasteiger partial charge < -0.3 is 14.4 Å². The number of hydrogen-bond donors (Lipinski definition) is 0. The molecule has 0 atom stereocenters. The SMILES string of the molecule is O=C(c1ccccc1F)N1CCCN(C(=O)c2cccn2CCc2ccccc2)CC1. The first-order valence-corrected chi connectivity index (χ1v) is 10.7. The van der Waals surface area contributed by atoms with E-state index in [0.29, 0.717) is 38.3 Å². The van der Waals surface area contributed by atoms with Crippen molar-refractivity contribution in [2.75, 3.05) is 26.2 Å². The number of benzene rings is 2. The highest BCUT2D eigenvalue weighted by atomic mass is 19.1. The van der Waals surface area contributed by atoms with Crippen molar-refractivity contribution in [1.29, 1.82) is 0 Å². The summed E-state index contributed by atoms with van der Waals surface area (Å²) in [6.07, 6.45) is 3.44. The number of rotatable bonds is 5. The van der Waals surface area contributed by atoms with E-state index in [9.17, 15) is 14.0 Å². The highest BCUT2D eigenvalue weighted by Gasteiger charge is 2.25. The molecule has 1 aliphatic rings. The molecule has 31 heavy (non-hydrogen) atoms. The lowest BCUT2D eigenvalue weighted by Crippen LogP contribution is -2.38. The fourth-order valence-corrected chi connectivity index (χ4v) is 3.99. The molecule has 2 aromatic carbocycles. The summed E-state index contributed by atoms with van der Waals surface area (Å²) in [6, 6.07) is 20.0. The van der Waals surface area contributed by atoms with Crippen LogP contribution in [0.4, 0.5) is 4.39 Å². The summed E-state index contributed by atoms with van der Waals surface area (Å²) < 4.78 is 16.0. The zero-order valence-corrected chi connectivity index (χ0v) is 17.4. The topological polar surface area (TPSA) is 45.6 Å². The normalized spacial score (nSPS) is 14.4. The summed E-state index contributed by atoms with van der Waals surface area (Å²) in [5.41, 5.74) is 1.97. The summed E-state index contributed by atoms with van der Waals surface area (Å²) in [5.74, 6) is -0.863. The second kappa shape index (κ2) is 9.60. The van der Waals surface area contributed by atoms with E-state index in [0.717, 1.165) is 13.0 Å². The van der Waals surface area contributed by atoms with E-state index in [2.05, 4.69) is 12.1 Å². The molecule has 0 radical (unpaired) electrons. The monoisotopic (exact) mass is 419 g/mol. The Bertz CT molecular complexity index is 1050. The summed E-state index contributed by atoms with van der Waals surface area (Å²) >= 11 is 0. The Hall–Kier alpha value is -3.41. The number of carbonyl (C=O) groups is 2. The van der Waals surface area contributed by atoms with Crippen molar-refractivity contribution in [3.63, 3.8) is 0 Å². The van der Waals surface area contributed by atoms with E-state index in [1.165, 1.54) is 17.7 Å². The number of aryl methyl sites for hydroxylation is 2. The predicted octanol–water partition coefficient (Wildman–Crippen LogP) is 3.86. The summed E-state index contributed by atoms with van der Waals surface area (Å²) in [5, 5.41) is 0. The number of nitrogens with zero attached hydrogens (tertiary/aromatic N) is 3. The first-order chi connectivity index (χ1) is 15.1. The first-order valence-electron chi connectivity index (χ1n) is 10.7. The standard InChI is InChI=1S/C25H26FN3O2/c26-22-11-5-4-10-21(22)24(30)28-15-7-16-29(19-18-28)25(31)23-12-6-14-27(23)17-13-20-8-2-1-3-9-20/h1-6,8-12,14H,7,13,15-19H2. The highest BCUT2D eigenvalue weighted by molar-refractivity contribution is 5.95. The minimum absolute atomic E-state index is 0.0294. The molecule has 0 saturated carbocycles. The molecule has 1 saturated heterocycles. The maximum Gasteiger partial charge on any atom is 0.270 e. The van der Waals surface area contributed by atoms with Crippen LogP contribution in [-0.4, -0.2) is 52.4 Å². The van der Waals surface area contributed by atoms with Gasteiger partial charge in [-0.15, -0.1) is 0 Å². The average Bonchev–Trinajstić information content (AvgIpc) is 3.13. The molecule has 6 heteroatoms. The van der Waals surface area contributed by atoms with Crippen LogP contribution in [0.3, 0.4) is 0 Å². The van der Waals surface area contributed by atoms with E-state index in [4.69, 9.17) is 0 Å². The van der Waals surface area contributed by atoms with E-state index in [-0.39, 0.29) is 17.4 Å². The third-order valence-corrected chi connectivity index (χ3v) is 5.71. The van der Waals surface area contributed by atoms with E-state index >= 15 is 0 Å². The number of hydrogen-bond acceptors (Lipinski definition) is 2. The molecule has 2 amide bonds. The number of carbonyl (C=O) groups excluding carboxylic acids is 2. The molecule has 0 N–H and O–H groups in total. The molecular formula is C25H26FN3O2. The summed E-state index contributed by atoms with van der Waals surface area (Å²) in [7, 11) is 0. The second-order valence-electron chi connectivity index (χ2n) is 7.74. The van der Waals surface area contributed by atoms with Crippen LogP contribution in [0, 0.1) is 5.82 Å². The van der Waals surface area contributed by atoms with Gasteiger partial charge >= 0.3 is 0 Å². The number of halogens is 1. The lowest BCUT2D eigenvalue weighted by Gasteiger charge is -2.23. The number of aromatic nitrogens is 1. The molecule has 0 bridgehead atoms. The van der Waals surface area contributed by atoms with Crippen molar-refractivity contribution in [3.05, 3.63) is 95.6 Å². The molecule has 160 valence electrons. The highest BCUT2D eigenvalue weighted by Crippen LogP contribution is 2.15. The van der Waals surface area contributed by atoms with Crippen LogP contribution < -0.4 is 0 Å². The molecule has 0 aliphatic carbocycles. The molecule has 0 spiro atoms. The van der Waals surface area contributed by atoms with Crippen LogP contribution >= 0.6 is 0 Å². The summed E-state index contributed by atoms with van der Waals surface area (Å²) in [4.78, 5) is 29.4. The van der Waals surface area contributed by atoms with Crippen LogP contribution in [0.2, 0.25) is 0 Å². The minimum atomic E-state index is -0.513. The van der Waals surface area contributed by atoms with Gasteiger partial charge in [0, 0.05) is 38.9 Å². The molecule has 1 aromatic heterocycles. The van der Waals surface area contributed by atoms with Gasteiger partial charge in [0.05, 0.1) is 5.56 Å². The Kier molecular flexibility index (Phi) is 6.46. The van der Waals surface area contributed by atoms with Gasteiger partial charge in [0.1, 0.15) is 11.5 Å². The number of amides is 2. The van der Waals surface area contributed by atoms with Crippen molar-refractivity contribution in [1.82, 2.24) is 14.4 Å². The van der Waals surface area contributed by atoms with Gasteiger partial charge in [-0.25, -0.2) is 4.39 Å². The zero-order valence-electron chi connectivity index (χ0n) is 17.4.